The van der Waals surface area contributed by atoms with Gasteiger partial charge in [0.2, 0.25) is 5.90 Å². The molecule has 0 radical (unpaired) electrons. The topological polar surface area (TPSA) is 90.5 Å². The predicted molar refractivity (Wildman–Crippen MR) is 113 cm³/mol. The lowest BCUT2D eigenvalue weighted by Gasteiger charge is -2.10. The van der Waals surface area contributed by atoms with Crippen LogP contribution in [0.4, 0.5) is 8.78 Å². The van der Waals surface area contributed by atoms with Crippen LogP contribution in [0.2, 0.25) is 0 Å². The number of rotatable bonds is 4. The van der Waals surface area contributed by atoms with E-state index >= 15 is 0 Å². The Labute approximate surface area is 177 Å². The van der Waals surface area contributed by atoms with Crippen LogP contribution in [0.15, 0.2) is 47.7 Å². The summed E-state index contributed by atoms with van der Waals surface area (Å²) in [6.07, 6.45) is 2.87. The van der Waals surface area contributed by atoms with Gasteiger partial charge < -0.3 is 10.5 Å². The number of hydrogen-bond donors (Lipinski definition) is 1. The van der Waals surface area contributed by atoms with Gasteiger partial charge in [-0.3, -0.25) is 14.8 Å². The highest BCUT2D eigenvalue weighted by molar-refractivity contribution is 5.97. The van der Waals surface area contributed by atoms with E-state index in [4.69, 9.17) is 10.5 Å². The molecule has 1 aliphatic heterocycles. The fraction of sp³-hybridized carbons (Fsp3) is 0.217. The number of primary amides is 1. The fourth-order valence-corrected chi connectivity index (χ4v) is 3.35. The summed E-state index contributed by atoms with van der Waals surface area (Å²) < 4.78 is 34.1. The van der Waals surface area contributed by atoms with Crippen molar-refractivity contribution in [1.82, 2.24) is 9.97 Å². The first kappa shape index (κ1) is 20.6. The first-order chi connectivity index (χ1) is 14.7. The minimum Gasteiger partial charge on any atom is -0.475 e. The number of nitrogens with two attached hydrogens (primary N) is 1. The molecular formula is C23H20F2N4O2. The minimum atomic E-state index is -1.19. The number of carbonyl (C=O) groups excluding carboxylic acids is 1. The van der Waals surface area contributed by atoms with Gasteiger partial charge in [0.25, 0.3) is 5.91 Å². The quantitative estimate of drug-likeness (QED) is 0.687. The molecule has 1 aromatic heterocycles. The minimum absolute atomic E-state index is 0.0596. The Kier molecular flexibility index (Phi) is 5.00. The zero-order valence-electron chi connectivity index (χ0n) is 17.2. The first-order valence-corrected chi connectivity index (χ1v) is 9.60. The number of carbonyl (C=O) groups is 1. The summed E-state index contributed by atoms with van der Waals surface area (Å²) in [6.45, 7) is 6.44. The van der Waals surface area contributed by atoms with Gasteiger partial charge in [0, 0.05) is 16.7 Å². The predicted octanol–water partition coefficient (Wildman–Crippen LogP) is 4.05. The Morgan fingerprint density at radius 3 is 2.32 bits per heavy atom. The van der Waals surface area contributed by atoms with Crippen molar-refractivity contribution in [3.8, 4) is 22.5 Å². The normalized spacial score (nSPS) is 14.8. The molecule has 8 heteroatoms. The van der Waals surface area contributed by atoms with E-state index in [0.717, 1.165) is 22.8 Å². The van der Waals surface area contributed by atoms with Gasteiger partial charge in [0.1, 0.15) is 23.8 Å². The second kappa shape index (κ2) is 7.54. The zero-order chi connectivity index (χ0) is 22.3. The lowest BCUT2D eigenvalue weighted by molar-refractivity contribution is 0.0992. The maximum atomic E-state index is 14.6. The maximum Gasteiger partial charge on any atom is 0.254 e. The van der Waals surface area contributed by atoms with Crippen LogP contribution in [0.1, 0.15) is 35.3 Å². The van der Waals surface area contributed by atoms with E-state index in [2.05, 4.69) is 15.0 Å². The molecule has 0 spiro atoms. The van der Waals surface area contributed by atoms with Crippen molar-refractivity contribution in [2.24, 2.45) is 10.7 Å². The van der Waals surface area contributed by atoms with Crippen LogP contribution in [0.5, 0.6) is 0 Å². The first-order valence-electron chi connectivity index (χ1n) is 9.60. The summed E-state index contributed by atoms with van der Waals surface area (Å²) in [5, 5.41) is 0. The van der Waals surface area contributed by atoms with Gasteiger partial charge in [-0.15, -0.1) is 0 Å². The Morgan fingerprint density at radius 2 is 1.74 bits per heavy atom. The summed E-state index contributed by atoms with van der Waals surface area (Å²) in [7, 11) is 0. The number of halogens is 2. The van der Waals surface area contributed by atoms with Gasteiger partial charge in [-0.2, -0.15) is 0 Å². The van der Waals surface area contributed by atoms with Crippen molar-refractivity contribution in [2.75, 3.05) is 6.61 Å². The van der Waals surface area contributed by atoms with E-state index in [1.54, 1.807) is 0 Å². The van der Waals surface area contributed by atoms with Crippen molar-refractivity contribution in [1.29, 1.82) is 0 Å². The van der Waals surface area contributed by atoms with E-state index in [1.807, 2.05) is 39.0 Å². The SMILES string of the molecule is Cc1ccc(C2=NC(C)(C)CO2)cc1-c1cnc(-c2ccc(F)c(C(N)=O)c2F)cn1. The Hall–Kier alpha value is -3.68. The van der Waals surface area contributed by atoms with Crippen LogP contribution in [0.25, 0.3) is 22.5 Å². The Balaban J connectivity index is 1.71. The van der Waals surface area contributed by atoms with Crippen LogP contribution >= 0.6 is 0 Å². The largest absolute Gasteiger partial charge is 0.475 e. The van der Waals surface area contributed by atoms with Crippen LogP contribution in [0.3, 0.4) is 0 Å². The Bertz CT molecular complexity index is 1220. The molecule has 0 atom stereocenters. The molecule has 2 N–H and O–H groups in total. The average Bonchev–Trinajstić information content (AvgIpc) is 3.08. The van der Waals surface area contributed by atoms with E-state index < -0.39 is 23.1 Å². The number of aliphatic imine (C=N–C) groups is 1. The molecule has 0 bridgehead atoms. The average molecular weight is 422 g/mol. The maximum absolute atomic E-state index is 14.6. The highest BCUT2D eigenvalue weighted by atomic mass is 19.1. The fourth-order valence-electron chi connectivity index (χ4n) is 3.35. The number of nitrogens with zero attached hydrogens (tertiary/aromatic N) is 3. The smallest absolute Gasteiger partial charge is 0.254 e. The van der Waals surface area contributed by atoms with Gasteiger partial charge in [-0.25, -0.2) is 13.8 Å². The van der Waals surface area contributed by atoms with Crippen LogP contribution < -0.4 is 5.73 Å². The molecule has 2 heterocycles. The molecular weight excluding hydrogens is 402 g/mol. The second-order valence-corrected chi connectivity index (χ2v) is 7.98. The molecule has 0 aliphatic carbocycles. The number of amides is 1. The molecule has 1 amide bonds. The number of aromatic nitrogens is 2. The lowest BCUT2D eigenvalue weighted by Crippen LogP contribution is -2.17. The van der Waals surface area contributed by atoms with E-state index in [0.29, 0.717) is 18.2 Å². The van der Waals surface area contributed by atoms with Gasteiger partial charge in [-0.1, -0.05) is 6.07 Å². The highest BCUT2D eigenvalue weighted by Gasteiger charge is 2.27. The third-order valence-electron chi connectivity index (χ3n) is 4.99. The molecule has 158 valence electrons. The summed E-state index contributed by atoms with van der Waals surface area (Å²) in [5.74, 6) is -2.70. The standard InChI is InChI=1S/C23H20F2N4O2/c1-12-4-5-13(22-29-23(2,3)11-31-22)8-15(12)18-10-27-17(9-28-18)14-6-7-16(24)19(20(14)25)21(26)30/h4-10H,11H2,1-3H3,(H2,26,30). The van der Waals surface area contributed by atoms with Crippen molar-refractivity contribution in [2.45, 2.75) is 26.3 Å². The summed E-state index contributed by atoms with van der Waals surface area (Å²) in [6, 6.07) is 7.97. The number of benzene rings is 2. The van der Waals surface area contributed by atoms with Crippen LogP contribution in [0, 0.1) is 18.6 Å². The molecule has 4 rings (SSSR count). The van der Waals surface area contributed by atoms with Gasteiger partial charge in [-0.05, 0) is 50.6 Å². The number of hydrogen-bond acceptors (Lipinski definition) is 5. The van der Waals surface area contributed by atoms with Crippen molar-refractivity contribution in [3.63, 3.8) is 0 Å². The van der Waals surface area contributed by atoms with Gasteiger partial charge >= 0.3 is 0 Å². The zero-order valence-corrected chi connectivity index (χ0v) is 17.2. The third-order valence-corrected chi connectivity index (χ3v) is 4.99. The monoisotopic (exact) mass is 422 g/mol. The van der Waals surface area contributed by atoms with Gasteiger partial charge in [0.15, 0.2) is 0 Å². The molecule has 6 nitrogen and oxygen atoms in total. The van der Waals surface area contributed by atoms with E-state index in [-0.39, 0.29) is 16.8 Å². The van der Waals surface area contributed by atoms with Crippen LogP contribution in [-0.4, -0.2) is 33.9 Å². The highest BCUT2D eigenvalue weighted by Crippen LogP contribution is 2.29. The summed E-state index contributed by atoms with van der Waals surface area (Å²) >= 11 is 0. The van der Waals surface area contributed by atoms with Crippen molar-refractivity contribution in [3.05, 3.63) is 71.1 Å². The van der Waals surface area contributed by atoms with Crippen molar-refractivity contribution >= 4 is 11.8 Å². The molecule has 0 unspecified atom stereocenters. The molecule has 3 aromatic rings. The summed E-state index contributed by atoms with van der Waals surface area (Å²) in [4.78, 5) is 24.6. The molecule has 1 aliphatic rings. The van der Waals surface area contributed by atoms with E-state index in [1.165, 1.54) is 18.5 Å². The number of ether oxygens (including phenoxy) is 1. The van der Waals surface area contributed by atoms with Crippen molar-refractivity contribution < 1.29 is 18.3 Å². The number of aryl methyl sites for hydroxylation is 1. The lowest BCUT2D eigenvalue weighted by atomic mass is 10.0. The van der Waals surface area contributed by atoms with Gasteiger partial charge in [0.05, 0.1) is 29.3 Å². The molecule has 0 fully saturated rings. The molecule has 0 saturated carbocycles. The summed E-state index contributed by atoms with van der Waals surface area (Å²) in [5.41, 5.74) is 7.30. The Morgan fingerprint density at radius 1 is 1.06 bits per heavy atom. The molecule has 31 heavy (non-hydrogen) atoms. The van der Waals surface area contributed by atoms with E-state index in [9.17, 15) is 13.6 Å². The molecule has 0 saturated heterocycles. The second-order valence-electron chi connectivity index (χ2n) is 7.98. The van der Waals surface area contributed by atoms with Crippen LogP contribution in [-0.2, 0) is 4.74 Å². The third kappa shape index (κ3) is 3.88. The molecule has 2 aromatic carbocycles.